The Balaban J connectivity index is 1.77. The van der Waals surface area contributed by atoms with Crippen molar-refractivity contribution in [2.24, 2.45) is 10.7 Å². The minimum atomic E-state index is -0.318. The number of rotatable bonds is 10. The number of aryl methyl sites for hydroxylation is 1. The van der Waals surface area contributed by atoms with Gasteiger partial charge < -0.3 is 10.5 Å². The van der Waals surface area contributed by atoms with Gasteiger partial charge in [0.2, 0.25) is 0 Å². The maximum atomic E-state index is 6.30. The molecule has 1 heterocycles. The zero-order valence-corrected chi connectivity index (χ0v) is 14.8. The van der Waals surface area contributed by atoms with Crippen LogP contribution in [0.1, 0.15) is 63.0 Å². The standard InChI is InChI=1S/C20H32N2O/c1-3-4-5-6-7-8-9-17-10-12-18(13-11-17)19-14-20(21,15-22-19)16-23-2/h10-13H,3-9,14-16,21H2,1-2H3. The molecule has 0 fully saturated rings. The molecule has 0 radical (unpaired) electrons. The van der Waals surface area contributed by atoms with Gasteiger partial charge in [-0.15, -0.1) is 0 Å². The third-order valence-electron chi connectivity index (χ3n) is 4.64. The van der Waals surface area contributed by atoms with Crippen LogP contribution >= 0.6 is 0 Å². The van der Waals surface area contributed by atoms with Crippen LogP contribution in [0, 0.1) is 0 Å². The number of methoxy groups -OCH3 is 1. The first-order chi connectivity index (χ1) is 11.2. The van der Waals surface area contributed by atoms with Gasteiger partial charge in [0.1, 0.15) is 0 Å². The number of unbranched alkanes of at least 4 members (excludes halogenated alkanes) is 5. The zero-order chi connectivity index (χ0) is 16.5. The predicted molar refractivity (Wildman–Crippen MR) is 98.3 cm³/mol. The average Bonchev–Trinajstić information content (AvgIpc) is 2.94. The molecule has 0 saturated heterocycles. The quantitative estimate of drug-likeness (QED) is 0.660. The van der Waals surface area contributed by atoms with Crippen LogP contribution in [0.25, 0.3) is 0 Å². The van der Waals surface area contributed by atoms with Crippen molar-refractivity contribution in [1.29, 1.82) is 0 Å². The topological polar surface area (TPSA) is 47.6 Å². The fraction of sp³-hybridized carbons (Fsp3) is 0.650. The average molecular weight is 316 g/mol. The molecule has 2 rings (SSSR count). The Hall–Kier alpha value is -1.19. The molecule has 0 spiro atoms. The van der Waals surface area contributed by atoms with E-state index in [1.54, 1.807) is 7.11 Å². The van der Waals surface area contributed by atoms with Crippen LogP contribution in [0.4, 0.5) is 0 Å². The summed E-state index contributed by atoms with van der Waals surface area (Å²) in [5.41, 5.74) is 9.74. The smallest absolute Gasteiger partial charge is 0.0664 e. The molecule has 0 aromatic heterocycles. The summed E-state index contributed by atoms with van der Waals surface area (Å²) in [5, 5.41) is 0. The van der Waals surface area contributed by atoms with Crippen molar-refractivity contribution >= 4 is 5.71 Å². The second-order valence-electron chi connectivity index (χ2n) is 6.95. The summed E-state index contributed by atoms with van der Waals surface area (Å²) >= 11 is 0. The summed E-state index contributed by atoms with van der Waals surface area (Å²) in [6.07, 6.45) is 10.1. The summed E-state index contributed by atoms with van der Waals surface area (Å²) in [7, 11) is 1.70. The van der Waals surface area contributed by atoms with E-state index < -0.39 is 0 Å². The van der Waals surface area contributed by atoms with Crippen molar-refractivity contribution in [3.8, 4) is 0 Å². The van der Waals surface area contributed by atoms with E-state index in [0.29, 0.717) is 13.2 Å². The first-order valence-corrected chi connectivity index (χ1v) is 9.07. The third kappa shape index (κ3) is 5.74. The van der Waals surface area contributed by atoms with Crippen molar-refractivity contribution in [1.82, 2.24) is 0 Å². The van der Waals surface area contributed by atoms with Crippen molar-refractivity contribution in [2.75, 3.05) is 20.3 Å². The predicted octanol–water partition coefficient (Wildman–Crippen LogP) is 4.13. The fourth-order valence-corrected chi connectivity index (χ4v) is 3.25. The largest absolute Gasteiger partial charge is 0.383 e. The monoisotopic (exact) mass is 316 g/mol. The third-order valence-corrected chi connectivity index (χ3v) is 4.64. The highest BCUT2D eigenvalue weighted by atomic mass is 16.5. The van der Waals surface area contributed by atoms with Gasteiger partial charge in [-0.05, 0) is 24.0 Å². The van der Waals surface area contributed by atoms with E-state index >= 15 is 0 Å². The maximum Gasteiger partial charge on any atom is 0.0664 e. The molecule has 0 saturated carbocycles. The van der Waals surface area contributed by atoms with E-state index in [-0.39, 0.29) is 5.54 Å². The highest BCUT2D eigenvalue weighted by Crippen LogP contribution is 2.22. The van der Waals surface area contributed by atoms with Crippen molar-refractivity contribution in [3.05, 3.63) is 35.4 Å². The van der Waals surface area contributed by atoms with Gasteiger partial charge in [0, 0.05) is 19.2 Å². The van der Waals surface area contributed by atoms with Gasteiger partial charge >= 0.3 is 0 Å². The van der Waals surface area contributed by atoms with E-state index in [9.17, 15) is 0 Å². The number of hydrogen-bond donors (Lipinski definition) is 1. The Morgan fingerprint density at radius 3 is 2.48 bits per heavy atom. The van der Waals surface area contributed by atoms with Gasteiger partial charge in [-0.3, -0.25) is 4.99 Å². The zero-order valence-electron chi connectivity index (χ0n) is 14.8. The number of nitrogens with two attached hydrogens (primary N) is 1. The molecule has 0 aliphatic carbocycles. The molecule has 1 aliphatic heterocycles. The van der Waals surface area contributed by atoms with Crippen LogP contribution in [0.5, 0.6) is 0 Å². The first kappa shape index (κ1) is 18.2. The molecule has 2 N–H and O–H groups in total. The molecule has 1 aromatic rings. The lowest BCUT2D eigenvalue weighted by molar-refractivity contribution is 0.143. The van der Waals surface area contributed by atoms with Crippen molar-refractivity contribution in [3.63, 3.8) is 0 Å². The summed E-state index contributed by atoms with van der Waals surface area (Å²) in [4.78, 5) is 4.62. The summed E-state index contributed by atoms with van der Waals surface area (Å²) in [6.45, 7) is 3.49. The van der Waals surface area contributed by atoms with Crippen LogP contribution in [-0.2, 0) is 11.2 Å². The maximum absolute atomic E-state index is 6.30. The lowest BCUT2D eigenvalue weighted by Crippen LogP contribution is -2.45. The van der Waals surface area contributed by atoms with Crippen LogP contribution in [-0.4, -0.2) is 31.5 Å². The highest BCUT2D eigenvalue weighted by Gasteiger charge is 2.32. The minimum Gasteiger partial charge on any atom is -0.383 e. The Kier molecular flexibility index (Phi) is 7.25. The Morgan fingerprint density at radius 1 is 1.09 bits per heavy atom. The normalized spacial score (nSPS) is 20.7. The molecule has 1 atom stereocenters. The molecule has 1 aromatic carbocycles. The van der Waals surface area contributed by atoms with E-state index in [1.807, 2.05) is 0 Å². The number of aliphatic imine (C=N–C) groups is 1. The molecule has 128 valence electrons. The Bertz CT molecular complexity index is 495. The Labute approximate surface area is 141 Å². The molecule has 3 heteroatoms. The molecule has 1 aliphatic rings. The first-order valence-electron chi connectivity index (χ1n) is 9.07. The van der Waals surface area contributed by atoms with Gasteiger partial charge in [0.25, 0.3) is 0 Å². The van der Waals surface area contributed by atoms with Gasteiger partial charge in [-0.1, -0.05) is 63.3 Å². The molecule has 1 unspecified atom stereocenters. The molecule has 3 nitrogen and oxygen atoms in total. The van der Waals surface area contributed by atoms with E-state index in [0.717, 1.165) is 12.1 Å². The van der Waals surface area contributed by atoms with Crippen molar-refractivity contribution < 1.29 is 4.74 Å². The van der Waals surface area contributed by atoms with Gasteiger partial charge in [0.05, 0.1) is 18.7 Å². The molecule has 0 amide bonds. The van der Waals surface area contributed by atoms with Crippen LogP contribution in [0.3, 0.4) is 0 Å². The SMILES string of the molecule is CCCCCCCCc1ccc(C2=NCC(N)(COC)C2)cc1. The van der Waals surface area contributed by atoms with E-state index in [2.05, 4.69) is 36.2 Å². The second kappa shape index (κ2) is 9.19. The van der Waals surface area contributed by atoms with E-state index in [1.165, 1.54) is 56.1 Å². The van der Waals surface area contributed by atoms with Gasteiger partial charge in [-0.2, -0.15) is 0 Å². The summed E-state index contributed by atoms with van der Waals surface area (Å²) < 4.78 is 5.21. The summed E-state index contributed by atoms with van der Waals surface area (Å²) in [5.74, 6) is 0. The van der Waals surface area contributed by atoms with E-state index in [4.69, 9.17) is 10.5 Å². The van der Waals surface area contributed by atoms with Crippen LogP contribution < -0.4 is 5.73 Å². The number of ether oxygens (including phenoxy) is 1. The minimum absolute atomic E-state index is 0.318. The lowest BCUT2D eigenvalue weighted by Gasteiger charge is -2.21. The van der Waals surface area contributed by atoms with Gasteiger partial charge in [-0.25, -0.2) is 0 Å². The second-order valence-corrected chi connectivity index (χ2v) is 6.95. The number of nitrogens with zero attached hydrogens (tertiary/aromatic N) is 1. The van der Waals surface area contributed by atoms with Crippen LogP contribution in [0.15, 0.2) is 29.3 Å². The molecular formula is C20H32N2O. The molecule has 0 bridgehead atoms. The van der Waals surface area contributed by atoms with Crippen LogP contribution in [0.2, 0.25) is 0 Å². The highest BCUT2D eigenvalue weighted by molar-refractivity contribution is 6.02. The van der Waals surface area contributed by atoms with Crippen molar-refractivity contribution in [2.45, 2.75) is 63.8 Å². The lowest BCUT2D eigenvalue weighted by atomic mass is 9.94. The fourth-order valence-electron chi connectivity index (χ4n) is 3.25. The Morgan fingerprint density at radius 2 is 1.78 bits per heavy atom. The number of hydrogen-bond acceptors (Lipinski definition) is 3. The molecule has 23 heavy (non-hydrogen) atoms. The molecular weight excluding hydrogens is 284 g/mol. The van der Waals surface area contributed by atoms with Gasteiger partial charge in [0.15, 0.2) is 0 Å². The number of benzene rings is 1. The summed E-state index contributed by atoms with van der Waals surface area (Å²) in [6, 6.07) is 8.89.